The molecule has 0 amide bonds. The number of anilines is 1. The van der Waals surface area contributed by atoms with Crippen LogP contribution in [-0.2, 0) is 0 Å². The normalized spacial score (nSPS) is 18.0. The lowest BCUT2D eigenvalue weighted by Crippen LogP contribution is -2.24. The van der Waals surface area contributed by atoms with E-state index >= 15 is 0 Å². The molecule has 118 valence electrons. The highest BCUT2D eigenvalue weighted by Gasteiger charge is 2.27. The molecule has 1 aliphatic heterocycles. The third-order valence-corrected chi connectivity index (χ3v) is 5.05. The van der Waals surface area contributed by atoms with E-state index < -0.39 is 0 Å². The summed E-state index contributed by atoms with van der Waals surface area (Å²) in [5.74, 6) is 1.03. The molecule has 1 aromatic carbocycles. The number of benzene rings is 1. The highest BCUT2D eigenvalue weighted by Crippen LogP contribution is 2.36. The van der Waals surface area contributed by atoms with E-state index in [0.29, 0.717) is 6.04 Å². The number of rotatable bonds is 2. The van der Waals surface area contributed by atoms with Crippen LogP contribution in [-0.4, -0.2) is 21.1 Å². The summed E-state index contributed by atoms with van der Waals surface area (Å²) in [6.07, 6.45) is 6.15. The van der Waals surface area contributed by atoms with Gasteiger partial charge in [0, 0.05) is 12.7 Å². The van der Waals surface area contributed by atoms with E-state index in [1.807, 2.05) is 6.20 Å². The van der Waals surface area contributed by atoms with Crippen LogP contribution in [0.3, 0.4) is 0 Å². The lowest BCUT2D eigenvalue weighted by molar-refractivity contribution is 0.709. The predicted octanol–water partition coefficient (Wildman–Crippen LogP) is 4.45. The average molecular weight is 371 g/mol. The predicted molar refractivity (Wildman–Crippen MR) is 95.9 cm³/mol. The van der Waals surface area contributed by atoms with Gasteiger partial charge in [0.15, 0.2) is 5.65 Å². The number of aromatic nitrogens is 3. The van der Waals surface area contributed by atoms with Crippen molar-refractivity contribution < 1.29 is 0 Å². The van der Waals surface area contributed by atoms with Crippen LogP contribution in [0.5, 0.6) is 0 Å². The first-order valence-corrected chi connectivity index (χ1v) is 8.76. The van der Waals surface area contributed by atoms with Gasteiger partial charge in [-0.15, -0.1) is 0 Å². The van der Waals surface area contributed by atoms with Crippen LogP contribution in [0, 0.1) is 13.8 Å². The first-order chi connectivity index (χ1) is 11.1. The molecule has 0 saturated carbocycles. The van der Waals surface area contributed by atoms with Crippen LogP contribution in [0.4, 0.5) is 5.82 Å². The Morgan fingerprint density at radius 3 is 2.74 bits per heavy atom. The molecular formula is C18H19BrN4. The maximum Gasteiger partial charge on any atom is 0.171 e. The van der Waals surface area contributed by atoms with Gasteiger partial charge in [-0.1, -0.05) is 29.3 Å². The van der Waals surface area contributed by atoms with Crippen molar-refractivity contribution in [2.24, 2.45) is 0 Å². The van der Waals surface area contributed by atoms with E-state index in [2.05, 4.69) is 64.0 Å². The Labute approximate surface area is 144 Å². The van der Waals surface area contributed by atoms with Crippen molar-refractivity contribution in [3.05, 3.63) is 57.8 Å². The summed E-state index contributed by atoms with van der Waals surface area (Å²) in [7, 11) is 0. The number of aryl methyl sites for hydroxylation is 2. The summed E-state index contributed by atoms with van der Waals surface area (Å²) >= 11 is 3.52. The average Bonchev–Trinajstić information content (AvgIpc) is 3.13. The van der Waals surface area contributed by atoms with Gasteiger partial charge in [-0.05, 0) is 54.2 Å². The second-order valence-corrected chi connectivity index (χ2v) is 7.17. The van der Waals surface area contributed by atoms with Gasteiger partial charge < -0.3 is 4.90 Å². The van der Waals surface area contributed by atoms with E-state index in [1.54, 1.807) is 10.7 Å². The molecule has 4 rings (SSSR count). The number of halogens is 1. The van der Waals surface area contributed by atoms with Crippen molar-refractivity contribution in [1.82, 2.24) is 14.6 Å². The van der Waals surface area contributed by atoms with Gasteiger partial charge in [0.25, 0.3) is 0 Å². The third kappa shape index (κ3) is 2.63. The van der Waals surface area contributed by atoms with Crippen molar-refractivity contribution >= 4 is 27.4 Å². The minimum absolute atomic E-state index is 0.408. The molecule has 1 aliphatic rings. The van der Waals surface area contributed by atoms with Gasteiger partial charge in [0.05, 0.1) is 16.7 Å². The maximum absolute atomic E-state index is 4.82. The van der Waals surface area contributed by atoms with Crippen LogP contribution in [0.15, 0.2) is 41.1 Å². The summed E-state index contributed by atoms with van der Waals surface area (Å²) in [6, 6.07) is 9.32. The van der Waals surface area contributed by atoms with Gasteiger partial charge >= 0.3 is 0 Å². The summed E-state index contributed by atoms with van der Waals surface area (Å²) in [6.45, 7) is 5.39. The quantitative estimate of drug-likeness (QED) is 0.667. The molecule has 0 radical (unpaired) electrons. The van der Waals surface area contributed by atoms with E-state index in [-0.39, 0.29) is 0 Å². The second-order valence-electron chi connectivity index (χ2n) is 6.32. The van der Waals surface area contributed by atoms with Gasteiger partial charge in [-0.25, -0.2) is 9.50 Å². The van der Waals surface area contributed by atoms with Gasteiger partial charge in [0.1, 0.15) is 5.82 Å². The number of nitrogens with zero attached hydrogens (tertiary/aromatic N) is 4. The lowest BCUT2D eigenvalue weighted by Gasteiger charge is -2.26. The zero-order chi connectivity index (χ0) is 16.0. The molecule has 0 N–H and O–H groups in total. The van der Waals surface area contributed by atoms with Crippen LogP contribution in [0.25, 0.3) is 5.65 Å². The molecule has 1 unspecified atom stereocenters. The fraction of sp³-hybridized carbons (Fsp3) is 0.333. The largest absolute Gasteiger partial charge is 0.349 e. The SMILES string of the molecule is Cc1cc(C)cc(C2CCCN2c2ccn3ncc(Br)c3n2)c1. The molecule has 2 aromatic heterocycles. The Kier molecular flexibility index (Phi) is 3.60. The van der Waals surface area contributed by atoms with Gasteiger partial charge in [0.2, 0.25) is 0 Å². The first-order valence-electron chi connectivity index (χ1n) is 7.96. The Hall–Kier alpha value is -1.88. The molecule has 0 aliphatic carbocycles. The van der Waals surface area contributed by atoms with Crippen molar-refractivity contribution in [3.63, 3.8) is 0 Å². The molecule has 0 bridgehead atoms. The Morgan fingerprint density at radius 1 is 1.17 bits per heavy atom. The first kappa shape index (κ1) is 14.7. The van der Waals surface area contributed by atoms with Crippen molar-refractivity contribution in [2.45, 2.75) is 32.7 Å². The molecule has 1 atom stereocenters. The highest BCUT2D eigenvalue weighted by molar-refractivity contribution is 9.10. The van der Waals surface area contributed by atoms with Gasteiger partial charge in [-0.3, -0.25) is 0 Å². The highest BCUT2D eigenvalue weighted by atomic mass is 79.9. The molecule has 4 nitrogen and oxygen atoms in total. The monoisotopic (exact) mass is 370 g/mol. The Bertz CT molecular complexity index is 850. The zero-order valence-corrected chi connectivity index (χ0v) is 14.9. The molecule has 5 heteroatoms. The fourth-order valence-electron chi connectivity index (χ4n) is 3.58. The van der Waals surface area contributed by atoms with Gasteiger partial charge in [-0.2, -0.15) is 5.10 Å². The van der Waals surface area contributed by atoms with Crippen LogP contribution in [0.1, 0.15) is 35.6 Å². The number of fused-ring (bicyclic) bond motifs is 1. The van der Waals surface area contributed by atoms with E-state index in [9.17, 15) is 0 Å². The third-order valence-electron chi connectivity index (χ3n) is 4.49. The van der Waals surface area contributed by atoms with Crippen LogP contribution >= 0.6 is 15.9 Å². The van der Waals surface area contributed by atoms with E-state index in [1.165, 1.54) is 29.5 Å². The minimum atomic E-state index is 0.408. The Morgan fingerprint density at radius 2 is 1.96 bits per heavy atom. The van der Waals surface area contributed by atoms with Crippen molar-refractivity contribution in [1.29, 1.82) is 0 Å². The molecule has 0 spiro atoms. The number of hydrogen-bond donors (Lipinski definition) is 0. The molecular weight excluding hydrogens is 352 g/mol. The Balaban J connectivity index is 1.75. The zero-order valence-electron chi connectivity index (χ0n) is 13.3. The van der Waals surface area contributed by atoms with E-state index in [4.69, 9.17) is 4.98 Å². The number of hydrogen-bond acceptors (Lipinski definition) is 3. The minimum Gasteiger partial charge on any atom is -0.349 e. The second kappa shape index (κ2) is 5.64. The summed E-state index contributed by atoms with van der Waals surface area (Å²) in [5.41, 5.74) is 4.92. The molecule has 1 fully saturated rings. The lowest BCUT2D eigenvalue weighted by atomic mass is 9.99. The van der Waals surface area contributed by atoms with Crippen LogP contribution < -0.4 is 4.90 Å². The van der Waals surface area contributed by atoms with E-state index in [0.717, 1.165) is 22.5 Å². The molecule has 1 saturated heterocycles. The maximum atomic E-state index is 4.82. The van der Waals surface area contributed by atoms with Crippen molar-refractivity contribution in [3.8, 4) is 0 Å². The molecule has 3 heterocycles. The summed E-state index contributed by atoms with van der Waals surface area (Å²) in [5, 5.41) is 4.28. The topological polar surface area (TPSA) is 33.4 Å². The smallest absolute Gasteiger partial charge is 0.171 e. The molecule has 23 heavy (non-hydrogen) atoms. The molecule has 3 aromatic rings. The summed E-state index contributed by atoms with van der Waals surface area (Å²) in [4.78, 5) is 7.24. The summed E-state index contributed by atoms with van der Waals surface area (Å²) < 4.78 is 2.73. The standard InChI is InChI=1S/C18H19BrN4/c1-12-8-13(2)10-14(9-12)16-4-3-6-22(16)17-5-7-23-18(21-17)15(19)11-20-23/h5,7-11,16H,3-4,6H2,1-2H3. The van der Waals surface area contributed by atoms with Crippen LogP contribution in [0.2, 0.25) is 0 Å². The fourth-order valence-corrected chi connectivity index (χ4v) is 3.94. The van der Waals surface area contributed by atoms with Crippen molar-refractivity contribution in [2.75, 3.05) is 11.4 Å².